The Kier molecular flexibility index (Phi) is 2.17. The fraction of sp³-hybridized carbons (Fsp3) is 0.100. The number of hydrogen-bond acceptors (Lipinski definition) is 3. The molecule has 0 bridgehead atoms. The quantitative estimate of drug-likeness (QED) is 0.784. The summed E-state index contributed by atoms with van der Waals surface area (Å²) in [5, 5.41) is 4.35. The van der Waals surface area contributed by atoms with Crippen molar-refractivity contribution in [3.05, 3.63) is 34.9 Å². The highest BCUT2D eigenvalue weighted by Gasteiger charge is 2.11. The van der Waals surface area contributed by atoms with Crippen LogP contribution in [0.25, 0.3) is 11.3 Å². The third kappa shape index (κ3) is 1.46. The number of anilines is 1. The molecule has 3 nitrogen and oxygen atoms in total. The molecule has 1 heterocycles. The number of nitrogens with zero attached hydrogens (tertiary/aromatic N) is 1. The van der Waals surface area contributed by atoms with Gasteiger partial charge in [-0.3, -0.25) is 0 Å². The molecule has 4 heteroatoms. The molecule has 2 N–H and O–H groups in total. The highest BCUT2D eigenvalue weighted by atomic mass is 35.5. The molecular weight excluding hydrogens is 200 g/mol. The molecule has 0 aliphatic heterocycles. The van der Waals surface area contributed by atoms with E-state index in [0.29, 0.717) is 16.6 Å². The number of hydrogen-bond donors (Lipinski definition) is 1. The van der Waals surface area contributed by atoms with Crippen molar-refractivity contribution in [3.8, 4) is 11.3 Å². The highest BCUT2D eigenvalue weighted by Crippen LogP contribution is 2.28. The summed E-state index contributed by atoms with van der Waals surface area (Å²) in [5.41, 5.74) is 7.31. The van der Waals surface area contributed by atoms with Gasteiger partial charge in [0, 0.05) is 16.1 Å². The summed E-state index contributed by atoms with van der Waals surface area (Å²) in [4.78, 5) is 0. The molecular formula is C10H9ClN2O. The van der Waals surface area contributed by atoms with Gasteiger partial charge in [-0.05, 0) is 19.1 Å². The van der Waals surface area contributed by atoms with Crippen LogP contribution in [0.4, 0.5) is 5.82 Å². The maximum atomic E-state index is 5.86. The van der Waals surface area contributed by atoms with Crippen molar-refractivity contribution >= 4 is 17.4 Å². The number of halogens is 1. The van der Waals surface area contributed by atoms with E-state index in [1.54, 1.807) is 6.07 Å². The second kappa shape index (κ2) is 3.35. The van der Waals surface area contributed by atoms with Crippen LogP contribution >= 0.6 is 11.6 Å². The molecule has 0 aliphatic carbocycles. The topological polar surface area (TPSA) is 52.0 Å². The van der Waals surface area contributed by atoms with Crippen molar-refractivity contribution in [2.45, 2.75) is 6.92 Å². The van der Waals surface area contributed by atoms with Gasteiger partial charge in [-0.15, -0.1) is 0 Å². The van der Waals surface area contributed by atoms with E-state index in [-0.39, 0.29) is 0 Å². The molecule has 1 aromatic carbocycles. The van der Waals surface area contributed by atoms with Crippen molar-refractivity contribution in [2.75, 3.05) is 5.73 Å². The number of rotatable bonds is 1. The fourth-order valence-corrected chi connectivity index (χ4v) is 1.44. The molecule has 72 valence electrons. The summed E-state index contributed by atoms with van der Waals surface area (Å²) < 4.78 is 5.10. The molecule has 2 aromatic rings. The molecule has 1 aromatic heterocycles. The van der Waals surface area contributed by atoms with E-state index in [9.17, 15) is 0 Å². The molecule has 0 radical (unpaired) electrons. The van der Waals surface area contributed by atoms with Crippen LogP contribution in [0.3, 0.4) is 0 Å². The number of aromatic nitrogens is 1. The zero-order chi connectivity index (χ0) is 10.1. The normalized spacial score (nSPS) is 10.4. The number of benzene rings is 1. The van der Waals surface area contributed by atoms with Gasteiger partial charge in [0.15, 0.2) is 11.6 Å². The molecule has 14 heavy (non-hydrogen) atoms. The molecule has 0 atom stereocenters. The Morgan fingerprint density at radius 3 is 2.79 bits per heavy atom. The van der Waals surface area contributed by atoms with Gasteiger partial charge in [-0.25, -0.2) is 0 Å². The third-order valence-electron chi connectivity index (χ3n) is 2.05. The molecule has 0 saturated carbocycles. The molecule has 0 unspecified atom stereocenters. The largest absolute Gasteiger partial charge is 0.381 e. The lowest BCUT2D eigenvalue weighted by molar-refractivity contribution is 0.435. The van der Waals surface area contributed by atoms with Gasteiger partial charge in [0.25, 0.3) is 0 Å². The Labute approximate surface area is 86.5 Å². The van der Waals surface area contributed by atoms with E-state index in [0.717, 1.165) is 11.1 Å². The Morgan fingerprint density at radius 2 is 2.21 bits per heavy atom. The standard InChI is InChI=1S/C10H9ClN2O/c1-6-9(14-13-10(6)12)7-3-2-4-8(11)5-7/h2-5H,1H3,(H2,12,13). The summed E-state index contributed by atoms with van der Waals surface area (Å²) in [7, 11) is 0. The predicted octanol–water partition coefficient (Wildman–Crippen LogP) is 2.89. The summed E-state index contributed by atoms with van der Waals surface area (Å²) in [6.07, 6.45) is 0. The molecule has 0 fully saturated rings. The minimum absolute atomic E-state index is 0.417. The zero-order valence-electron chi connectivity index (χ0n) is 7.62. The summed E-state index contributed by atoms with van der Waals surface area (Å²) in [6, 6.07) is 7.38. The van der Waals surface area contributed by atoms with E-state index in [2.05, 4.69) is 5.16 Å². The van der Waals surface area contributed by atoms with Crippen LogP contribution in [0, 0.1) is 6.92 Å². The zero-order valence-corrected chi connectivity index (χ0v) is 8.38. The third-order valence-corrected chi connectivity index (χ3v) is 2.28. The van der Waals surface area contributed by atoms with Crippen LogP contribution in [0.5, 0.6) is 0 Å². The van der Waals surface area contributed by atoms with Crippen molar-refractivity contribution < 1.29 is 4.52 Å². The average molecular weight is 209 g/mol. The second-order valence-electron chi connectivity index (χ2n) is 3.03. The van der Waals surface area contributed by atoms with Gasteiger partial charge in [0.05, 0.1) is 0 Å². The minimum atomic E-state index is 0.417. The Balaban J connectivity index is 2.55. The first-order valence-electron chi connectivity index (χ1n) is 4.16. The minimum Gasteiger partial charge on any atom is -0.381 e. The molecule has 0 saturated heterocycles. The van der Waals surface area contributed by atoms with Crippen LogP contribution < -0.4 is 5.73 Å². The van der Waals surface area contributed by atoms with Gasteiger partial charge in [0.1, 0.15) is 0 Å². The fourth-order valence-electron chi connectivity index (χ4n) is 1.25. The van der Waals surface area contributed by atoms with Crippen molar-refractivity contribution in [2.24, 2.45) is 0 Å². The molecule has 0 aliphatic rings. The Morgan fingerprint density at radius 1 is 1.43 bits per heavy atom. The van der Waals surface area contributed by atoms with Crippen molar-refractivity contribution in [1.29, 1.82) is 0 Å². The van der Waals surface area contributed by atoms with E-state index in [4.69, 9.17) is 21.9 Å². The molecule has 2 rings (SSSR count). The monoisotopic (exact) mass is 208 g/mol. The van der Waals surface area contributed by atoms with Crippen LogP contribution in [0.15, 0.2) is 28.8 Å². The van der Waals surface area contributed by atoms with Gasteiger partial charge >= 0.3 is 0 Å². The van der Waals surface area contributed by atoms with Gasteiger partial charge < -0.3 is 10.3 Å². The summed E-state index contributed by atoms with van der Waals surface area (Å²) in [6.45, 7) is 1.86. The second-order valence-corrected chi connectivity index (χ2v) is 3.47. The van der Waals surface area contributed by atoms with Gasteiger partial charge in [-0.1, -0.05) is 28.9 Å². The lowest BCUT2D eigenvalue weighted by Gasteiger charge is -1.97. The lowest BCUT2D eigenvalue weighted by atomic mass is 10.1. The van der Waals surface area contributed by atoms with Crippen molar-refractivity contribution in [1.82, 2.24) is 5.16 Å². The first-order chi connectivity index (χ1) is 6.68. The van der Waals surface area contributed by atoms with E-state index in [1.165, 1.54) is 0 Å². The van der Waals surface area contributed by atoms with Gasteiger partial charge in [-0.2, -0.15) is 0 Å². The maximum Gasteiger partial charge on any atom is 0.172 e. The SMILES string of the molecule is Cc1c(N)noc1-c1cccc(Cl)c1. The molecule has 0 amide bonds. The van der Waals surface area contributed by atoms with Crippen molar-refractivity contribution in [3.63, 3.8) is 0 Å². The first-order valence-corrected chi connectivity index (χ1v) is 4.54. The average Bonchev–Trinajstić information content (AvgIpc) is 2.48. The number of nitrogens with two attached hydrogens (primary N) is 1. The Hall–Kier alpha value is -1.48. The van der Waals surface area contributed by atoms with E-state index < -0.39 is 0 Å². The maximum absolute atomic E-state index is 5.86. The smallest absolute Gasteiger partial charge is 0.172 e. The van der Waals surface area contributed by atoms with Crippen LogP contribution in [-0.2, 0) is 0 Å². The van der Waals surface area contributed by atoms with E-state index in [1.807, 2.05) is 25.1 Å². The van der Waals surface area contributed by atoms with Crippen LogP contribution in [0.2, 0.25) is 5.02 Å². The van der Waals surface area contributed by atoms with Crippen LogP contribution in [0.1, 0.15) is 5.56 Å². The highest BCUT2D eigenvalue weighted by molar-refractivity contribution is 6.30. The number of nitrogen functional groups attached to an aromatic ring is 1. The van der Waals surface area contributed by atoms with Gasteiger partial charge in [0.2, 0.25) is 0 Å². The predicted molar refractivity (Wildman–Crippen MR) is 56.1 cm³/mol. The Bertz CT molecular complexity index is 465. The first kappa shape index (κ1) is 9.09. The van der Waals surface area contributed by atoms with E-state index >= 15 is 0 Å². The summed E-state index contributed by atoms with van der Waals surface area (Å²) >= 11 is 5.86. The lowest BCUT2D eigenvalue weighted by Crippen LogP contribution is -1.86. The summed E-state index contributed by atoms with van der Waals surface area (Å²) in [5.74, 6) is 1.09. The van der Waals surface area contributed by atoms with Crippen LogP contribution in [-0.4, -0.2) is 5.16 Å². The molecule has 0 spiro atoms.